The van der Waals surface area contributed by atoms with Gasteiger partial charge in [0.15, 0.2) is 0 Å². The van der Waals surface area contributed by atoms with E-state index in [2.05, 4.69) is 0 Å². The summed E-state index contributed by atoms with van der Waals surface area (Å²) in [5, 5.41) is 8.52. The molecule has 0 unspecified atom stereocenters. The van der Waals surface area contributed by atoms with Gasteiger partial charge in [-0.3, -0.25) is 0 Å². The Morgan fingerprint density at radius 2 is 2.00 bits per heavy atom. The van der Waals surface area contributed by atoms with Gasteiger partial charge in [-0.05, 0) is 19.9 Å². The van der Waals surface area contributed by atoms with Crippen LogP contribution in [0.2, 0.25) is 0 Å². The van der Waals surface area contributed by atoms with E-state index in [1.165, 1.54) is 6.92 Å². The van der Waals surface area contributed by atoms with E-state index in [-0.39, 0.29) is 11.3 Å². The van der Waals surface area contributed by atoms with E-state index in [1.807, 2.05) is 13.0 Å². The summed E-state index contributed by atoms with van der Waals surface area (Å²) in [5.41, 5.74) is 5.88. The SMILES string of the molecule is C\C=C/C=C\C(N)=C(/C)C(=O)O. The molecule has 0 aliphatic carbocycles. The predicted octanol–water partition coefficient (Wildman–Crippen LogP) is 1.44. The zero-order chi connectivity index (χ0) is 9.56. The lowest BCUT2D eigenvalue weighted by atomic mass is 10.2. The van der Waals surface area contributed by atoms with Gasteiger partial charge in [-0.1, -0.05) is 18.2 Å². The molecule has 0 aliphatic heterocycles. The van der Waals surface area contributed by atoms with Crippen molar-refractivity contribution in [1.82, 2.24) is 0 Å². The molecule has 66 valence electrons. The van der Waals surface area contributed by atoms with E-state index in [4.69, 9.17) is 10.8 Å². The summed E-state index contributed by atoms with van der Waals surface area (Å²) in [7, 11) is 0. The largest absolute Gasteiger partial charge is 0.478 e. The van der Waals surface area contributed by atoms with Crippen LogP contribution in [0.5, 0.6) is 0 Å². The lowest BCUT2D eigenvalue weighted by Crippen LogP contribution is -2.05. The zero-order valence-electron chi connectivity index (χ0n) is 7.24. The van der Waals surface area contributed by atoms with Crippen LogP contribution in [0.15, 0.2) is 35.6 Å². The minimum absolute atomic E-state index is 0.163. The van der Waals surface area contributed by atoms with E-state index in [0.29, 0.717) is 0 Å². The molecule has 0 saturated carbocycles. The quantitative estimate of drug-likeness (QED) is 0.493. The highest BCUT2D eigenvalue weighted by Gasteiger charge is 2.01. The van der Waals surface area contributed by atoms with Crippen LogP contribution in [0.25, 0.3) is 0 Å². The predicted molar refractivity (Wildman–Crippen MR) is 48.5 cm³/mol. The van der Waals surface area contributed by atoms with Crippen molar-refractivity contribution in [3.05, 3.63) is 35.6 Å². The molecule has 0 fully saturated rings. The highest BCUT2D eigenvalue weighted by Crippen LogP contribution is 1.99. The minimum Gasteiger partial charge on any atom is -0.478 e. The standard InChI is InChI=1S/C9H13NO2/c1-3-4-5-6-8(10)7(2)9(11)12/h3-6H,10H2,1-2H3,(H,11,12)/b4-3-,6-5-,8-7-. The normalized spacial score (nSPS) is 13.8. The van der Waals surface area contributed by atoms with Crippen LogP contribution in [0, 0.1) is 0 Å². The molecule has 0 bridgehead atoms. The molecule has 12 heavy (non-hydrogen) atoms. The zero-order valence-corrected chi connectivity index (χ0v) is 7.24. The maximum atomic E-state index is 10.4. The second-order valence-corrected chi connectivity index (χ2v) is 2.27. The van der Waals surface area contributed by atoms with Crippen LogP contribution in [0.3, 0.4) is 0 Å². The molecule has 0 saturated heterocycles. The summed E-state index contributed by atoms with van der Waals surface area (Å²) < 4.78 is 0. The number of hydrogen-bond acceptors (Lipinski definition) is 2. The number of hydrogen-bond donors (Lipinski definition) is 2. The van der Waals surface area contributed by atoms with Crippen LogP contribution < -0.4 is 5.73 Å². The van der Waals surface area contributed by atoms with Crippen LogP contribution >= 0.6 is 0 Å². The van der Waals surface area contributed by atoms with Gasteiger partial charge >= 0.3 is 5.97 Å². The molecule has 0 aliphatic rings. The van der Waals surface area contributed by atoms with E-state index < -0.39 is 5.97 Å². The van der Waals surface area contributed by atoms with Crippen LogP contribution in [-0.2, 0) is 4.79 Å². The second-order valence-electron chi connectivity index (χ2n) is 2.27. The summed E-state index contributed by atoms with van der Waals surface area (Å²) in [5.74, 6) is -0.988. The molecule has 3 nitrogen and oxygen atoms in total. The smallest absolute Gasteiger partial charge is 0.333 e. The number of rotatable bonds is 3. The molecule has 0 aromatic rings. The van der Waals surface area contributed by atoms with E-state index in [0.717, 1.165) is 0 Å². The Morgan fingerprint density at radius 1 is 1.42 bits per heavy atom. The molecule has 0 heterocycles. The minimum atomic E-state index is -0.988. The lowest BCUT2D eigenvalue weighted by molar-refractivity contribution is -0.132. The maximum absolute atomic E-state index is 10.4. The van der Waals surface area contributed by atoms with Crippen LogP contribution in [0.4, 0.5) is 0 Å². The number of carboxylic acid groups (broad SMARTS) is 1. The summed E-state index contributed by atoms with van der Waals surface area (Å²) in [4.78, 5) is 10.4. The summed E-state index contributed by atoms with van der Waals surface area (Å²) >= 11 is 0. The maximum Gasteiger partial charge on any atom is 0.333 e. The first-order valence-corrected chi connectivity index (χ1v) is 3.58. The Morgan fingerprint density at radius 3 is 2.42 bits per heavy atom. The van der Waals surface area contributed by atoms with Gasteiger partial charge in [0.1, 0.15) is 0 Å². The van der Waals surface area contributed by atoms with Gasteiger partial charge in [-0.2, -0.15) is 0 Å². The topological polar surface area (TPSA) is 63.3 Å². The molecular weight excluding hydrogens is 154 g/mol. The van der Waals surface area contributed by atoms with Crippen molar-refractivity contribution in [2.24, 2.45) is 5.73 Å². The Balaban J connectivity index is 4.47. The molecule has 0 atom stereocenters. The molecule has 0 aromatic heterocycles. The first-order chi connectivity index (χ1) is 5.59. The third-order valence-electron chi connectivity index (χ3n) is 1.33. The number of carboxylic acids is 1. The third-order valence-corrected chi connectivity index (χ3v) is 1.33. The Kier molecular flexibility index (Phi) is 4.53. The van der Waals surface area contributed by atoms with Crippen LogP contribution in [-0.4, -0.2) is 11.1 Å². The first kappa shape index (κ1) is 10.5. The third kappa shape index (κ3) is 3.61. The highest BCUT2D eigenvalue weighted by molar-refractivity contribution is 5.87. The molecular formula is C9H13NO2. The number of carbonyl (C=O) groups is 1. The Labute approximate surface area is 71.9 Å². The van der Waals surface area contributed by atoms with Crippen molar-refractivity contribution < 1.29 is 9.90 Å². The molecule has 0 radical (unpaired) electrons. The molecule has 0 amide bonds. The van der Waals surface area contributed by atoms with Gasteiger partial charge in [-0.25, -0.2) is 4.79 Å². The highest BCUT2D eigenvalue weighted by atomic mass is 16.4. The van der Waals surface area contributed by atoms with Crippen molar-refractivity contribution in [1.29, 1.82) is 0 Å². The summed E-state index contributed by atoms with van der Waals surface area (Å²) in [6.45, 7) is 3.34. The van der Waals surface area contributed by atoms with Crippen LogP contribution in [0.1, 0.15) is 13.8 Å². The van der Waals surface area contributed by atoms with Crippen molar-refractivity contribution in [2.75, 3.05) is 0 Å². The Hall–Kier alpha value is -1.51. The van der Waals surface area contributed by atoms with Crippen molar-refractivity contribution in [2.45, 2.75) is 13.8 Å². The van der Waals surface area contributed by atoms with Gasteiger partial charge in [0.2, 0.25) is 0 Å². The first-order valence-electron chi connectivity index (χ1n) is 3.58. The fourth-order valence-electron chi connectivity index (χ4n) is 0.519. The van der Waals surface area contributed by atoms with E-state index in [9.17, 15) is 4.79 Å². The van der Waals surface area contributed by atoms with Crippen molar-refractivity contribution >= 4 is 5.97 Å². The monoisotopic (exact) mass is 167 g/mol. The number of nitrogens with two attached hydrogens (primary N) is 1. The number of aliphatic carboxylic acids is 1. The Bertz CT molecular complexity index is 249. The second kappa shape index (κ2) is 5.18. The fourth-order valence-corrected chi connectivity index (χ4v) is 0.519. The molecule has 0 spiro atoms. The molecule has 3 heteroatoms. The molecule has 0 aromatic carbocycles. The van der Waals surface area contributed by atoms with Crippen molar-refractivity contribution in [3.8, 4) is 0 Å². The summed E-state index contributed by atoms with van der Waals surface area (Å²) in [6, 6.07) is 0. The van der Waals surface area contributed by atoms with Gasteiger partial charge in [0.25, 0.3) is 0 Å². The van der Waals surface area contributed by atoms with E-state index in [1.54, 1.807) is 18.2 Å². The molecule has 0 rings (SSSR count). The van der Waals surface area contributed by atoms with Gasteiger partial charge < -0.3 is 10.8 Å². The van der Waals surface area contributed by atoms with Gasteiger partial charge in [0.05, 0.1) is 5.57 Å². The lowest BCUT2D eigenvalue weighted by Gasteiger charge is -1.95. The van der Waals surface area contributed by atoms with E-state index >= 15 is 0 Å². The fraction of sp³-hybridized carbons (Fsp3) is 0.222. The van der Waals surface area contributed by atoms with Gasteiger partial charge in [-0.15, -0.1) is 0 Å². The molecule has 3 N–H and O–H groups in total. The number of allylic oxidation sites excluding steroid dienone is 4. The summed E-state index contributed by atoms with van der Waals surface area (Å²) in [6.07, 6.45) is 6.87. The average molecular weight is 167 g/mol. The average Bonchev–Trinajstić information content (AvgIpc) is 2.03. The van der Waals surface area contributed by atoms with Crippen molar-refractivity contribution in [3.63, 3.8) is 0 Å². The van der Waals surface area contributed by atoms with Gasteiger partial charge in [0, 0.05) is 5.70 Å².